The summed E-state index contributed by atoms with van der Waals surface area (Å²) in [6.45, 7) is 4.27. The fourth-order valence-electron chi connectivity index (χ4n) is 1.73. The third kappa shape index (κ3) is 4.46. The number of hydrogen-bond acceptors (Lipinski definition) is 5. The number of aromatic nitrogens is 2. The first-order valence-corrected chi connectivity index (χ1v) is 7.64. The lowest BCUT2D eigenvalue weighted by atomic mass is 10.0. The summed E-state index contributed by atoms with van der Waals surface area (Å²) in [4.78, 5) is 19.9. The van der Waals surface area contributed by atoms with Crippen LogP contribution in [-0.4, -0.2) is 21.6 Å². The average molecular weight is 302 g/mol. The van der Waals surface area contributed by atoms with Crippen LogP contribution in [-0.2, 0) is 4.79 Å². The van der Waals surface area contributed by atoms with Gasteiger partial charge in [-0.2, -0.15) is 0 Å². The first kappa shape index (κ1) is 15.3. The molecule has 0 spiro atoms. The van der Waals surface area contributed by atoms with Crippen LogP contribution < -0.4 is 11.1 Å². The van der Waals surface area contributed by atoms with Gasteiger partial charge in [0.15, 0.2) is 5.82 Å². The van der Waals surface area contributed by atoms with Crippen molar-refractivity contribution in [1.29, 1.82) is 0 Å². The highest BCUT2D eigenvalue weighted by Crippen LogP contribution is 2.20. The van der Waals surface area contributed by atoms with Crippen molar-refractivity contribution in [3.05, 3.63) is 42.2 Å². The Balaban J connectivity index is 1.88. The van der Waals surface area contributed by atoms with Crippen molar-refractivity contribution in [3.8, 4) is 0 Å². The number of nitrogen functional groups attached to an aromatic ring is 1. The number of thioether (sulfide) groups is 1. The zero-order chi connectivity index (χ0) is 15.2. The van der Waals surface area contributed by atoms with Crippen LogP contribution in [0.3, 0.4) is 0 Å². The molecule has 5 nitrogen and oxygen atoms in total. The number of anilines is 2. The summed E-state index contributed by atoms with van der Waals surface area (Å²) < 4.78 is 0. The number of carbonyl (C=O) groups excluding carboxylic acids is 1. The van der Waals surface area contributed by atoms with E-state index in [-0.39, 0.29) is 11.7 Å². The SMILES string of the molecule is CC(C)c1ccc(NC(=O)CSc2nccnc2N)cc1. The highest BCUT2D eigenvalue weighted by atomic mass is 32.2. The van der Waals surface area contributed by atoms with Crippen LogP contribution in [0.15, 0.2) is 41.7 Å². The molecule has 110 valence electrons. The van der Waals surface area contributed by atoms with Gasteiger partial charge in [0.25, 0.3) is 0 Å². The summed E-state index contributed by atoms with van der Waals surface area (Å²) in [5.41, 5.74) is 7.71. The molecule has 2 aromatic rings. The van der Waals surface area contributed by atoms with E-state index in [0.717, 1.165) is 5.69 Å². The third-order valence-electron chi connectivity index (χ3n) is 2.89. The lowest BCUT2D eigenvalue weighted by Crippen LogP contribution is -2.14. The summed E-state index contributed by atoms with van der Waals surface area (Å²) in [5, 5.41) is 3.42. The van der Waals surface area contributed by atoms with Gasteiger partial charge in [0.05, 0.1) is 5.75 Å². The summed E-state index contributed by atoms with van der Waals surface area (Å²) in [6, 6.07) is 7.87. The number of nitrogens with one attached hydrogen (secondary N) is 1. The number of hydrogen-bond donors (Lipinski definition) is 2. The van der Waals surface area contributed by atoms with Crippen LogP contribution in [0.5, 0.6) is 0 Å². The zero-order valence-electron chi connectivity index (χ0n) is 12.0. The molecule has 1 amide bonds. The summed E-state index contributed by atoms with van der Waals surface area (Å²) in [7, 11) is 0. The summed E-state index contributed by atoms with van der Waals surface area (Å²) in [6.07, 6.45) is 3.08. The normalized spacial score (nSPS) is 10.6. The lowest BCUT2D eigenvalue weighted by molar-refractivity contribution is -0.113. The van der Waals surface area contributed by atoms with Crippen molar-refractivity contribution in [1.82, 2.24) is 9.97 Å². The molecule has 3 N–H and O–H groups in total. The lowest BCUT2D eigenvalue weighted by Gasteiger charge is -2.08. The molecular weight excluding hydrogens is 284 g/mol. The Morgan fingerprint density at radius 3 is 2.52 bits per heavy atom. The highest BCUT2D eigenvalue weighted by Gasteiger charge is 2.07. The topological polar surface area (TPSA) is 80.9 Å². The van der Waals surface area contributed by atoms with Crippen molar-refractivity contribution >= 4 is 29.2 Å². The van der Waals surface area contributed by atoms with Crippen molar-refractivity contribution in [2.24, 2.45) is 0 Å². The molecule has 1 aromatic carbocycles. The molecule has 0 aliphatic carbocycles. The monoisotopic (exact) mass is 302 g/mol. The summed E-state index contributed by atoms with van der Waals surface area (Å²) >= 11 is 1.27. The molecule has 0 bridgehead atoms. The molecule has 0 fully saturated rings. The molecule has 0 radical (unpaired) electrons. The van der Waals surface area contributed by atoms with Gasteiger partial charge >= 0.3 is 0 Å². The molecule has 1 aromatic heterocycles. The Bertz CT molecular complexity index is 613. The fraction of sp³-hybridized carbons (Fsp3) is 0.267. The number of benzene rings is 1. The van der Waals surface area contributed by atoms with Gasteiger partial charge < -0.3 is 11.1 Å². The van der Waals surface area contributed by atoms with E-state index in [9.17, 15) is 4.79 Å². The van der Waals surface area contributed by atoms with Crippen molar-refractivity contribution in [3.63, 3.8) is 0 Å². The molecule has 2 rings (SSSR count). The summed E-state index contributed by atoms with van der Waals surface area (Å²) in [5.74, 6) is 0.971. The molecular formula is C15H18N4OS. The van der Waals surface area contributed by atoms with E-state index in [0.29, 0.717) is 16.8 Å². The quantitative estimate of drug-likeness (QED) is 0.830. The van der Waals surface area contributed by atoms with E-state index in [1.165, 1.54) is 23.5 Å². The van der Waals surface area contributed by atoms with Crippen molar-refractivity contribution in [2.75, 3.05) is 16.8 Å². The van der Waals surface area contributed by atoms with Crippen LogP contribution in [0.25, 0.3) is 0 Å². The second-order valence-corrected chi connectivity index (χ2v) is 5.82. The van der Waals surface area contributed by atoms with Gasteiger partial charge in [0, 0.05) is 18.1 Å². The van der Waals surface area contributed by atoms with Crippen LogP contribution in [0.4, 0.5) is 11.5 Å². The van der Waals surface area contributed by atoms with Crippen LogP contribution >= 0.6 is 11.8 Å². The smallest absolute Gasteiger partial charge is 0.234 e. The fourth-order valence-corrected chi connectivity index (χ4v) is 2.41. The maximum absolute atomic E-state index is 11.9. The Labute approximate surface area is 128 Å². The third-order valence-corrected chi connectivity index (χ3v) is 3.89. The Morgan fingerprint density at radius 1 is 1.24 bits per heavy atom. The van der Waals surface area contributed by atoms with Gasteiger partial charge in [-0.05, 0) is 23.6 Å². The van der Waals surface area contributed by atoms with Gasteiger partial charge in [-0.3, -0.25) is 4.79 Å². The Hall–Kier alpha value is -2.08. The molecule has 1 heterocycles. The standard InChI is InChI=1S/C15H18N4OS/c1-10(2)11-3-5-12(6-4-11)19-13(20)9-21-15-14(16)17-7-8-18-15/h3-8,10H,9H2,1-2H3,(H2,16,17)(H,19,20). The van der Waals surface area contributed by atoms with Crippen LogP contribution in [0, 0.1) is 0 Å². The molecule has 0 unspecified atom stereocenters. The number of rotatable bonds is 5. The minimum Gasteiger partial charge on any atom is -0.381 e. The average Bonchev–Trinajstić information content (AvgIpc) is 2.47. The van der Waals surface area contributed by atoms with Gasteiger partial charge in [0.1, 0.15) is 5.03 Å². The van der Waals surface area contributed by atoms with Crippen LogP contribution in [0.2, 0.25) is 0 Å². The molecule has 21 heavy (non-hydrogen) atoms. The molecule has 0 aliphatic rings. The maximum Gasteiger partial charge on any atom is 0.234 e. The van der Waals surface area contributed by atoms with Crippen molar-refractivity contribution in [2.45, 2.75) is 24.8 Å². The first-order valence-electron chi connectivity index (χ1n) is 6.65. The predicted octanol–water partition coefficient (Wildman–Crippen LogP) is 2.91. The predicted molar refractivity (Wildman–Crippen MR) is 86.3 cm³/mol. The molecule has 0 atom stereocenters. The Morgan fingerprint density at radius 2 is 1.90 bits per heavy atom. The number of nitrogens with zero attached hydrogens (tertiary/aromatic N) is 2. The molecule has 0 saturated carbocycles. The Kier molecular flexibility index (Phi) is 5.16. The molecule has 0 aliphatic heterocycles. The zero-order valence-corrected chi connectivity index (χ0v) is 12.9. The van der Waals surface area contributed by atoms with Gasteiger partial charge in [-0.25, -0.2) is 9.97 Å². The number of carbonyl (C=O) groups is 1. The second kappa shape index (κ2) is 7.08. The van der Waals surface area contributed by atoms with E-state index in [1.54, 1.807) is 6.20 Å². The van der Waals surface area contributed by atoms with E-state index in [1.807, 2.05) is 24.3 Å². The molecule has 6 heteroatoms. The largest absolute Gasteiger partial charge is 0.381 e. The van der Waals surface area contributed by atoms with E-state index >= 15 is 0 Å². The van der Waals surface area contributed by atoms with Gasteiger partial charge in [-0.1, -0.05) is 37.7 Å². The molecule has 0 saturated heterocycles. The first-order chi connectivity index (χ1) is 10.1. The van der Waals surface area contributed by atoms with Crippen LogP contribution in [0.1, 0.15) is 25.3 Å². The second-order valence-electron chi connectivity index (χ2n) is 4.86. The minimum absolute atomic E-state index is 0.0950. The highest BCUT2D eigenvalue weighted by molar-refractivity contribution is 8.00. The van der Waals surface area contributed by atoms with Crippen molar-refractivity contribution < 1.29 is 4.79 Å². The number of amides is 1. The minimum atomic E-state index is -0.0950. The number of nitrogens with two attached hydrogens (primary N) is 1. The van der Waals surface area contributed by atoms with E-state index in [2.05, 4.69) is 29.1 Å². The maximum atomic E-state index is 11.9. The van der Waals surface area contributed by atoms with E-state index < -0.39 is 0 Å². The van der Waals surface area contributed by atoms with Gasteiger partial charge in [-0.15, -0.1) is 0 Å². The van der Waals surface area contributed by atoms with E-state index in [4.69, 9.17) is 5.73 Å². The van der Waals surface area contributed by atoms with Gasteiger partial charge in [0.2, 0.25) is 5.91 Å².